The highest BCUT2D eigenvalue weighted by molar-refractivity contribution is 7.85. The molecule has 0 radical (unpaired) electrons. The monoisotopic (exact) mass is 504 g/mol. The summed E-state index contributed by atoms with van der Waals surface area (Å²) in [6.45, 7) is 8.70. The molecule has 190 valence electrons. The second-order valence-corrected chi connectivity index (χ2v) is 13.6. The lowest BCUT2D eigenvalue weighted by Crippen LogP contribution is -2.64. The van der Waals surface area contributed by atoms with Crippen LogP contribution in [0.15, 0.2) is 65.6 Å². The molecule has 2 aromatic rings. The van der Waals surface area contributed by atoms with Crippen LogP contribution in [0.5, 0.6) is 5.75 Å². The van der Waals surface area contributed by atoms with Crippen molar-refractivity contribution in [3.63, 3.8) is 0 Å². The maximum absolute atomic E-state index is 14.2. The highest BCUT2D eigenvalue weighted by Gasteiger charge is 2.82. The third kappa shape index (κ3) is 2.60. The van der Waals surface area contributed by atoms with E-state index in [9.17, 15) is 9.00 Å². The molecular formula is C31H36O4S. The van der Waals surface area contributed by atoms with E-state index in [-0.39, 0.29) is 32.9 Å². The van der Waals surface area contributed by atoms with Crippen molar-refractivity contribution in [3.05, 3.63) is 71.8 Å². The largest absolute Gasteiger partial charge is 0.497 e. The Bertz CT molecular complexity index is 1300. The minimum Gasteiger partial charge on any atom is -0.497 e. The van der Waals surface area contributed by atoms with Gasteiger partial charge in [-0.15, -0.1) is 0 Å². The minimum absolute atomic E-state index is 0.0495. The van der Waals surface area contributed by atoms with Crippen molar-refractivity contribution in [2.45, 2.75) is 81.0 Å². The second kappa shape index (κ2) is 7.56. The van der Waals surface area contributed by atoms with Crippen LogP contribution in [0.1, 0.15) is 64.5 Å². The van der Waals surface area contributed by atoms with Gasteiger partial charge in [0.2, 0.25) is 0 Å². The number of benzene rings is 2. The number of methoxy groups -OCH3 is 1. The Labute approximate surface area is 216 Å². The van der Waals surface area contributed by atoms with Crippen LogP contribution in [0.3, 0.4) is 0 Å². The van der Waals surface area contributed by atoms with Crippen molar-refractivity contribution in [1.29, 1.82) is 0 Å². The molecule has 36 heavy (non-hydrogen) atoms. The van der Waals surface area contributed by atoms with Gasteiger partial charge >= 0.3 is 5.97 Å². The normalized spacial score (nSPS) is 40.6. The first kappa shape index (κ1) is 24.0. The maximum atomic E-state index is 14.2. The zero-order chi connectivity index (χ0) is 25.6. The Kier molecular flexibility index (Phi) is 5.04. The Morgan fingerprint density at radius 1 is 0.972 bits per heavy atom. The summed E-state index contributed by atoms with van der Waals surface area (Å²) in [6.07, 6.45) is 9.20. The van der Waals surface area contributed by atoms with E-state index in [0.717, 1.165) is 42.7 Å². The van der Waals surface area contributed by atoms with Crippen LogP contribution in [0.2, 0.25) is 0 Å². The molecule has 7 atom stereocenters. The topological polar surface area (TPSA) is 52.6 Å². The van der Waals surface area contributed by atoms with E-state index in [2.05, 4.69) is 51.1 Å². The Morgan fingerprint density at radius 2 is 1.72 bits per heavy atom. The first-order valence-corrected chi connectivity index (χ1v) is 14.3. The van der Waals surface area contributed by atoms with Gasteiger partial charge in [-0.25, -0.2) is 0 Å². The van der Waals surface area contributed by atoms with Gasteiger partial charge in [-0.2, -0.15) is 0 Å². The predicted octanol–water partition coefficient (Wildman–Crippen LogP) is 6.14. The third-order valence-electron chi connectivity index (χ3n) is 11.1. The first-order chi connectivity index (χ1) is 17.1. The van der Waals surface area contributed by atoms with E-state index >= 15 is 0 Å². The third-order valence-corrected chi connectivity index (χ3v) is 12.9. The summed E-state index contributed by atoms with van der Waals surface area (Å²) >= 11 is 0. The molecule has 0 aliphatic heterocycles. The van der Waals surface area contributed by atoms with Crippen LogP contribution in [0.4, 0.5) is 0 Å². The number of hydrogen-bond donors (Lipinski definition) is 0. The molecule has 4 nitrogen and oxygen atoms in total. The van der Waals surface area contributed by atoms with Crippen molar-refractivity contribution in [2.75, 3.05) is 7.11 Å². The fourth-order valence-electron chi connectivity index (χ4n) is 9.05. The molecule has 2 saturated carbocycles. The summed E-state index contributed by atoms with van der Waals surface area (Å²) in [5, 5.41) is -0.282. The molecule has 0 saturated heterocycles. The molecule has 6 rings (SSSR count). The van der Waals surface area contributed by atoms with E-state index in [1.54, 1.807) is 7.11 Å². The zero-order valence-electron chi connectivity index (χ0n) is 21.9. The molecule has 5 heteroatoms. The van der Waals surface area contributed by atoms with Gasteiger partial charge in [0, 0.05) is 22.6 Å². The van der Waals surface area contributed by atoms with Gasteiger partial charge in [0.1, 0.15) is 5.75 Å². The van der Waals surface area contributed by atoms with Gasteiger partial charge in [0.05, 0.1) is 23.2 Å². The molecule has 2 aromatic carbocycles. The smallest absolute Gasteiger partial charge is 0.303 e. The van der Waals surface area contributed by atoms with Gasteiger partial charge in [0.25, 0.3) is 0 Å². The summed E-state index contributed by atoms with van der Waals surface area (Å²) in [5.41, 5.74) is 1.25. The number of fused-ring (bicyclic) bond motifs is 3. The summed E-state index contributed by atoms with van der Waals surface area (Å²) in [4.78, 5) is 13.4. The van der Waals surface area contributed by atoms with Crippen LogP contribution in [-0.4, -0.2) is 28.1 Å². The van der Waals surface area contributed by atoms with Crippen LogP contribution in [0, 0.1) is 16.2 Å². The number of rotatable bonds is 4. The zero-order valence-corrected chi connectivity index (χ0v) is 22.7. The average molecular weight is 505 g/mol. The van der Waals surface area contributed by atoms with Crippen molar-refractivity contribution >= 4 is 16.8 Å². The van der Waals surface area contributed by atoms with E-state index in [0.29, 0.717) is 0 Å². The van der Waals surface area contributed by atoms with E-state index < -0.39 is 16.4 Å². The molecule has 0 amide bonds. The molecule has 2 bridgehead atoms. The van der Waals surface area contributed by atoms with Gasteiger partial charge in [0.15, 0.2) is 5.60 Å². The maximum Gasteiger partial charge on any atom is 0.303 e. The van der Waals surface area contributed by atoms with E-state index in [1.807, 2.05) is 30.3 Å². The summed E-state index contributed by atoms with van der Waals surface area (Å²) in [5.74, 6) is 0.613. The number of esters is 1. The Morgan fingerprint density at radius 3 is 2.42 bits per heavy atom. The number of aryl methyl sites for hydroxylation is 1. The first-order valence-electron chi connectivity index (χ1n) is 13.1. The molecule has 4 aliphatic rings. The lowest BCUT2D eigenvalue weighted by Gasteiger charge is -2.67. The average Bonchev–Trinajstić information content (AvgIpc) is 3.25. The predicted molar refractivity (Wildman–Crippen MR) is 141 cm³/mol. The molecule has 0 heterocycles. The number of allylic oxidation sites excluding steroid dienone is 1. The molecule has 2 fully saturated rings. The number of carbonyl (C=O) groups is 1. The summed E-state index contributed by atoms with van der Waals surface area (Å²) in [7, 11) is 0.427. The fraction of sp³-hybridized carbons (Fsp3) is 0.516. The van der Waals surface area contributed by atoms with Gasteiger partial charge in [-0.1, -0.05) is 51.1 Å². The van der Waals surface area contributed by atoms with Crippen LogP contribution >= 0.6 is 0 Å². The Hall–Kier alpha value is -2.40. The number of hydrogen-bond acceptors (Lipinski definition) is 4. The highest BCUT2D eigenvalue weighted by atomic mass is 32.2. The summed E-state index contributed by atoms with van der Waals surface area (Å²) < 4.78 is 26.1. The van der Waals surface area contributed by atoms with Gasteiger partial charge in [-0.05, 0) is 84.4 Å². The fourth-order valence-corrected chi connectivity index (χ4v) is 10.9. The van der Waals surface area contributed by atoms with Crippen molar-refractivity contribution < 1.29 is 18.5 Å². The minimum atomic E-state index is -1.30. The van der Waals surface area contributed by atoms with E-state index in [1.165, 1.54) is 18.1 Å². The molecule has 2 unspecified atom stereocenters. The van der Waals surface area contributed by atoms with E-state index in [4.69, 9.17) is 9.47 Å². The SMILES string of the molecule is COc1ccc2c(c1)CC[C@@]1(C)[C@]34C=C[C@](OC(C)=O)(C(S(=O)c5ccccc5)C3)[C@@]4(C)CC[C@]21C. The highest BCUT2D eigenvalue weighted by Crippen LogP contribution is 2.81. The molecule has 4 aliphatic carbocycles. The number of carbonyl (C=O) groups excluding carboxylic acids is 1. The molecular weight excluding hydrogens is 468 g/mol. The van der Waals surface area contributed by atoms with Crippen molar-refractivity contribution in [1.82, 2.24) is 0 Å². The van der Waals surface area contributed by atoms with Crippen molar-refractivity contribution in [2.24, 2.45) is 16.2 Å². The Balaban J connectivity index is 1.53. The summed E-state index contributed by atoms with van der Waals surface area (Å²) in [6, 6.07) is 16.3. The van der Waals surface area contributed by atoms with Crippen molar-refractivity contribution in [3.8, 4) is 5.75 Å². The quantitative estimate of drug-likeness (QED) is 0.371. The molecule has 0 spiro atoms. The molecule has 0 N–H and O–H groups in total. The second-order valence-electron chi connectivity index (χ2n) is 12.0. The lowest BCUT2D eigenvalue weighted by atomic mass is 9.36. The van der Waals surface area contributed by atoms with Gasteiger partial charge in [-0.3, -0.25) is 9.00 Å². The molecule has 0 aromatic heterocycles. The lowest BCUT2D eigenvalue weighted by molar-refractivity contribution is -0.182. The van der Waals surface area contributed by atoms with Crippen LogP contribution in [-0.2, 0) is 32.2 Å². The van der Waals surface area contributed by atoms with Crippen LogP contribution in [0.25, 0.3) is 0 Å². The standard InChI is InChI=1S/C31H36O4S/c1-21(32)35-31-18-17-30(20-26(31)36(33)24-9-7-6-8-10-24)28(3)14-13-22-19-23(34-5)11-12-25(22)27(28,2)15-16-29(30,31)4/h6-12,17-19,26H,13-16,20H2,1-5H3/t26?,27-,28-,29+,30+,31+,36?/m1/s1. The van der Waals surface area contributed by atoms with Crippen LogP contribution < -0.4 is 4.74 Å². The number of ether oxygens (including phenoxy) is 2. The van der Waals surface area contributed by atoms with Gasteiger partial charge < -0.3 is 9.47 Å².